The summed E-state index contributed by atoms with van der Waals surface area (Å²) < 4.78 is 39.0. The molecule has 1 aromatic rings. The summed E-state index contributed by atoms with van der Waals surface area (Å²) in [6, 6.07) is 5.38. The molecule has 1 rings (SSSR count). The Morgan fingerprint density at radius 2 is 2.00 bits per heavy atom. The average molecular weight is 257 g/mol. The van der Waals surface area contributed by atoms with Crippen LogP contribution in [0.5, 0.6) is 0 Å². The molecule has 0 radical (unpaired) electrons. The van der Waals surface area contributed by atoms with Crippen LogP contribution in [0.15, 0.2) is 41.3 Å². The molecule has 0 unspecified atom stereocenters. The van der Waals surface area contributed by atoms with Crippen LogP contribution in [0.1, 0.15) is 13.8 Å². The minimum atomic E-state index is -3.78. The van der Waals surface area contributed by atoms with Gasteiger partial charge in [-0.3, -0.25) is 0 Å². The van der Waals surface area contributed by atoms with Crippen LogP contribution in [-0.4, -0.2) is 25.8 Å². The van der Waals surface area contributed by atoms with Crippen LogP contribution in [0.2, 0.25) is 0 Å². The lowest BCUT2D eigenvalue weighted by Crippen LogP contribution is -2.32. The summed E-state index contributed by atoms with van der Waals surface area (Å²) in [6.07, 6.45) is 0. The molecular formula is C12H16FNO2S. The highest BCUT2D eigenvalue weighted by molar-refractivity contribution is 7.89. The zero-order valence-electron chi connectivity index (χ0n) is 9.98. The first-order valence-electron chi connectivity index (χ1n) is 5.28. The molecule has 0 aliphatic rings. The summed E-state index contributed by atoms with van der Waals surface area (Å²) in [7, 11) is -3.78. The lowest BCUT2D eigenvalue weighted by Gasteiger charge is -2.20. The van der Waals surface area contributed by atoms with Crippen molar-refractivity contribution in [3.63, 3.8) is 0 Å². The van der Waals surface area contributed by atoms with E-state index in [1.807, 2.05) is 0 Å². The van der Waals surface area contributed by atoms with Gasteiger partial charge < -0.3 is 0 Å². The Bertz CT molecular complexity index is 511. The SMILES string of the molecule is C=C(C)CN(CC)S(=O)(=O)c1ccccc1F. The van der Waals surface area contributed by atoms with Crippen molar-refractivity contribution >= 4 is 10.0 Å². The van der Waals surface area contributed by atoms with Crippen molar-refractivity contribution in [2.75, 3.05) is 13.1 Å². The van der Waals surface area contributed by atoms with Crippen molar-refractivity contribution in [1.29, 1.82) is 0 Å². The van der Waals surface area contributed by atoms with Crippen molar-refractivity contribution < 1.29 is 12.8 Å². The molecule has 3 nitrogen and oxygen atoms in total. The van der Waals surface area contributed by atoms with E-state index >= 15 is 0 Å². The van der Waals surface area contributed by atoms with Crippen molar-refractivity contribution in [3.8, 4) is 0 Å². The summed E-state index contributed by atoms with van der Waals surface area (Å²) in [4.78, 5) is -0.289. The van der Waals surface area contributed by atoms with Gasteiger partial charge in [0.2, 0.25) is 10.0 Å². The van der Waals surface area contributed by atoms with Crippen LogP contribution >= 0.6 is 0 Å². The highest BCUT2D eigenvalue weighted by Gasteiger charge is 2.25. The van der Waals surface area contributed by atoms with E-state index < -0.39 is 15.8 Å². The smallest absolute Gasteiger partial charge is 0.207 e. The summed E-state index contributed by atoms with van der Waals surface area (Å²) in [5.74, 6) is -0.729. The van der Waals surface area contributed by atoms with Gasteiger partial charge in [0.25, 0.3) is 0 Å². The maximum atomic E-state index is 13.5. The van der Waals surface area contributed by atoms with E-state index in [4.69, 9.17) is 0 Å². The van der Waals surface area contributed by atoms with E-state index in [-0.39, 0.29) is 18.0 Å². The van der Waals surface area contributed by atoms with Crippen molar-refractivity contribution in [2.24, 2.45) is 0 Å². The first-order chi connectivity index (χ1) is 7.89. The van der Waals surface area contributed by atoms with Crippen molar-refractivity contribution in [2.45, 2.75) is 18.7 Å². The highest BCUT2D eigenvalue weighted by atomic mass is 32.2. The molecule has 0 aromatic heterocycles. The minimum Gasteiger partial charge on any atom is -0.207 e. The third kappa shape index (κ3) is 3.14. The van der Waals surface area contributed by atoms with Crippen LogP contribution in [0.4, 0.5) is 4.39 Å². The van der Waals surface area contributed by atoms with Gasteiger partial charge >= 0.3 is 0 Å². The molecule has 0 aliphatic heterocycles. The molecular weight excluding hydrogens is 241 g/mol. The van der Waals surface area contributed by atoms with Gasteiger partial charge in [-0.25, -0.2) is 12.8 Å². The Labute approximate surface area is 102 Å². The fourth-order valence-corrected chi connectivity index (χ4v) is 3.03. The van der Waals surface area contributed by atoms with Gasteiger partial charge in [-0.2, -0.15) is 4.31 Å². The predicted octanol–water partition coefficient (Wildman–Crippen LogP) is 2.41. The number of benzene rings is 1. The molecule has 1 aromatic carbocycles. The zero-order chi connectivity index (χ0) is 13.1. The number of hydrogen-bond acceptors (Lipinski definition) is 2. The average Bonchev–Trinajstić information content (AvgIpc) is 2.25. The van der Waals surface area contributed by atoms with Gasteiger partial charge in [-0.1, -0.05) is 31.2 Å². The van der Waals surface area contributed by atoms with Gasteiger partial charge in [0.15, 0.2) is 0 Å². The second-order valence-corrected chi connectivity index (χ2v) is 5.73. The van der Waals surface area contributed by atoms with Gasteiger partial charge in [-0.05, 0) is 19.1 Å². The van der Waals surface area contributed by atoms with Gasteiger partial charge in [0.05, 0.1) is 0 Å². The lowest BCUT2D eigenvalue weighted by atomic mass is 10.3. The molecule has 0 atom stereocenters. The van der Waals surface area contributed by atoms with Gasteiger partial charge in [0, 0.05) is 13.1 Å². The second-order valence-electron chi connectivity index (χ2n) is 3.82. The number of sulfonamides is 1. The van der Waals surface area contributed by atoms with Crippen molar-refractivity contribution in [1.82, 2.24) is 4.31 Å². The highest BCUT2D eigenvalue weighted by Crippen LogP contribution is 2.19. The largest absolute Gasteiger partial charge is 0.246 e. The molecule has 0 amide bonds. The van der Waals surface area contributed by atoms with Crippen LogP contribution < -0.4 is 0 Å². The molecule has 0 heterocycles. The van der Waals surface area contributed by atoms with Gasteiger partial charge in [-0.15, -0.1) is 0 Å². The summed E-state index contributed by atoms with van der Waals surface area (Å²) in [5.41, 5.74) is 0.715. The second kappa shape index (κ2) is 5.42. The van der Waals surface area contributed by atoms with E-state index in [0.717, 1.165) is 6.07 Å². The quantitative estimate of drug-likeness (QED) is 0.760. The molecule has 0 fully saturated rings. The fourth-order valence-electron chi connectivity index (χ4n) is 1.46. The predicted molar refractivity (Wildman–Crippen MR) is 65.6 cm³/mol. The van der Waals surface area contributed by atoms with E-state index in [2.05, 4.69) is 6.58 Å². The van der Waals surface area contributed by atoms with Crippen LogP contribution in [0.3, 0.4) is 0 Å². The Kier molecular flexibility index (Phi) is 4.42. The van der Waals surface area contributed by atoms with E-state index in [9.17, 15) is 12.8 Å². The standard InChI is InChI=1S/C12H16FNO2S/c1-4-14(9-10(2)3)17(15,16)12-8-6-5-7-11(12)13/h5-8H,2,4,9H2,1,3H3. The first kappa shape index (κ1) is 13.9. The molecule has 0 bridgehead atoms. The van der Waals surface area contributed by atoms with Gasteiger partial charge in [0.1, 0.15) is 10.7 Å². The van der Waals surface area contributed by atoms with Crippen LogP contribution in [-0.2, 0) is 10.0 Å². The molecule has 0 N–H and O–H groups in total. The van der Waals surface area contributed by atoms with Crippen LogP contribution in [0, 0.1) is 5.82 Å². The number of hydrogen-bond donors (Lipinski definition) is 0. The molecule has 0 spiro atoms. The summed E-state index contributed by atoms with van der Waals surface area (Å²) in [6.45, 7) is 7.60. The molecule has 5 heteroatoms. The Morgan fingerprint density at radius 3 is 2.47 bits per heavy atom. The zero-order valence-corrected chi connectivity index (χ0v) is 10.8. The number of rotatable bonds is 5. The Morgan fingerprint density at radius 1 is 1.41 bits per heavy atom. The minimum absolute atomic E-state index is 0.202. The normalized spacial score (nSPS) is 11.8. The van der Waals surface area contributed by atoms with E-state index in [1.165, 1.54) is 22.5 Å². The maximum Gasteiger partial charge on any atom is 0.246 e. The third-order valence-electron chi connectivity index (χ3n) is 2.25. The van der Waals surface area contributed by atoms with Crippen LogP contribution in [0.25, 0.3) is 0 Å². The number of halogens is 1. The number of nitrogens with zero attached hydrogens (tertiary/aromatic N) is 1. The van der Waals surface area contributed by atoms with Crippen molar-refractivity contribution in [3.05, 3.63) is 42.2 Å². The topological polar surface area (TPSA) is 37.4 Å². The molecule has 0 saturated heterocycles. The molecule has 0 aliphatic carbocycles. The van der Waals surface area contributed by atoms with E-state index in [1.54, 1.807) is 13.8 Å². The summed E-state index contributed by atoms with van der Waals surface area (Å²) >= 11 is 0. The monoisotopic (exact) mass is 257 g/mol. The number of likely N-dealkylation sites (N-methyl/N-ethyl adjacent to an activating group) is 1. The van der Waals surface area contributed by atoms with E-state index in [0.29, 0.717) is 5.57 Å². The molecule has 17 heavy (non-hydrogen) atoms. The molecule has 94 valence electrons. The maximum absolute atomic E-state index is 13.5. The Hall–Kier alpha value is -1.20. The summed E-state index contributed by atoms with van der Waals surface area (Å²) in [5, 5.41) is 0. The molecule has 0 saturated carbocycles. The first-order valence-corrected chi connectivity index (χ1v) is 6.72. The third-order valence-corrected chi connectivity index (χ3v) is 4.21. The Balaban J connectivity index is 3.18. The fraction of sp³-hybridized carbons (Fsp3) is 0.333. The lowest BCUT2D eigenvalue weighted by molar-refractivity contribution is 0.447.